The Morgan fingerprint density at radius 3 is 2.25 bits per heavy atom. The topological polar surface area (TPSA) is 61.6 Å². The molecule has 1 aromatic rings. The molecule has 0 unspecified atom stereocenters. The summed E-state index contributed by atoms with van der Waals surface area (Å²) in [5.41, 5.74) is 1.05. The zero-order valence-electron chi connectivity index (χ0n) is 12.2. The SMILES string of the molecule is CCC1([N+](=O)[O-])COC(c2ccc(C(C)C)cc2)OC1. The van der Waals surface area contributed by atoms with Crippen LogP contribution in [0.4, 0.5) is 0 Å². The fourth-order valence-electron chi connectivity index (χ4n) is 2.22. The minimum Gasteiger partial charge on any atom is -0.341 e. The predicted octanol–water partition coefficient (Wildman–Crippen LogP) is 3.28. The molecule has 2 rings (SSSR count). The highest BCUT2D eigenvalue weighted by molar-refractivity contribution is 5.25. The van der Waals surface area contributed by atoms with Crippen molar-refractivity contribution in [1.82, 2.24) is 0 Å². The number of ether oxygens (including phenoxy) is 2. The minimum atomic E-state index is -1.10. The molecule has 1 aliphatic heterocycles. The van der Waals surface area contributed by atoms with Gasteiger partial charge in [0, 0.05) is 16.9 Å². The highest BCUT2D eigenvalue weighted by Crippen LogP contribution is 2.31. The molecule has 20 heavy (non-hydrogen) atoms. The number of hydrogen-bond donors (Lipinski definition) is 0. The summed E-state index contributed by atoms with van der Waals surface area (Å²) in [4.78, 5) is 10.8. The fourth-order valence-corrected chi connectivity index (χ4v) is 2.22. The molecular weight excluding hydrogens is 258 g/mol. The number of rotatable bonds is 4. The highest BCUT2D eigenvalue weighted by atomic mass is 16.7. The normalized spacial score (nSPS) is 26.7. The van der Waals surface area contributed by atoms with Gasteiger partial charge in [0.1, 0.15) is 13.2 Å². The first-order valence-corrected chi connectivity index (χ1v) is 6.96. The molecule has 0 N–H and O–H groups in total. The zero-order valence-corrected chi connectivity index (χ0v) is 12.2. The van der Waals surface area contributed by atoms with Gasteiger partial charge >= 0.3 is 0 Å². The summed E-state index contributed by atoms with van der Waals surface area (Å²) < 4.78 is 11.1. The summed E-state index contributed by atoms with van der Waals surface area (Å²) in [5.74, 6) is 0.472. The lowest BCUT2D eigenvalue weighted by Gasteiger charge is -2.33. The lowest BCUT2D eigenvalue weighted by atomic mass is 9.98. The average Bonchev–Trinajstić information content (AvgIpc) is 2.47. The molecule has 0 amide bonds. The molecule has 110 valence electrons. The zero-order chi connectivity index (χ0) is 14.8. The molecule has 1 aromatic carbocycles. The summed E-state index contributed by atoms with van der Waals surface area (Å²) in [6.45, 7) is 6.23. The van der Waals surface area contributed by atoms with Crippen molar-refractivity contribution >= 4 is 0 Å². The Morgan fingerprint density at radius 2 is 1.85 bits per heavy atom. The van der Waals surface area contributed by atoms with Crippen LogP contribution in [0.2, 0.25) is 0 Å². The smallest absolute Gasteiger partial charge is 0.267 e. The van der Waals surface area contributed by atoms with Gasteiger partial charge in [0.25, 0.3) is 5.54 Å². The Kier molecular flexibility index (Phi) is 4.40. The third-order valence-electron chi connectivity index (χ3n) is 3.93. The first kappa shape index (κ1) is 14.9. The number of benzene rings is 1. The van der Waals surface area contributed by atoms with E-state index in [4.69, 9.17) is 9.47 Å². The third-order valence-corrected chi connectivity index (χ3v) is 3.93. The van der Waals surface area contributed by atoms with E-state index in [2.05, 4.69) is 13.8 Å². The molecule has 0 aliphatic carbocycles. The van der Waals surface area contributed by atoms with Crippen molar-refractivity contribution in [2.45, 2.75) is 44.9 Å². The van der Waals surface area contributed by atoms with E-state index in [0.717, 1.165) is 5.56 Å². The molecule has 1 saturated heterocycles. The molecule has 0 atom stereocenters. The van der Waals surface area contributed by atoms with Crippen molar-refractivity contribution in [3.63, 3.8) is 0 Å². The maximum absolute atomic E-state index is 11.1. The molecule has 5 nitrogen and oxygen atoms in total. The molecule has 1 aliphatic rings. The average molecular weight is 279 g/mol. The van der Waals surface area contributed by atoms with E-state index in [9.17, 15) is 10.1 Å². The molecule has 0 saturated carbocycles. The molecule has 0 bridgehead atoms. The van der Waals surface area contributed by atoms with E-state index in [1.165, 1.54) is 5.56 Å². The highest BCUT2D eigenvalue weighted by Gasteiger charge is 2.46. The van der Waals surface area contributed by atoms with Crippen molar-refractivity contribution < 1.29 is 14.4 Å². The van der Waals surface area contributed by atoms with Crippen molar-refractivity contribution in [2.75, 3.05) is 13.2 Å². The van der Waals surface area contributed by atoms with Gasteiger partial charge in [-0.25, -0.2) is 0 Å². The second kappa shape index (κ2) is 5.89. The second-order valence-corrected chi connectivity index (χ2v) is 5.61. The van der Waals surface area contributed by atoms with E-state index in [-0.39, 0.29) is 18.1 Å². The quantitative estimate of drug-likeness (QED) is 0.627. The molecule has 1 heterocycles. The number of nitrogens with zero attached hydrogens (tertiary/aromatic N) is 1. The van der Waals surface area contributed by atoms with Crippen LogP contribution in [0.3, 0.4) is 0 Å². The van der Waals surface area contributed by atoms with E-state index in [0.29, 0.717) is 12.3 Å². The van der Waals surface area contributed by atoms with Crippen molar-refractivity contribution in [2.24, 2.45) is 0 Å². The van der Waals surface area contributed by atoms with E-state index in [1.807, 2.05) is 24.3 Å². The Labute approximate surface area is 119 Å². The van der Waals surface area contributed by atoms with Gasteiger partial charge in [-0.15, -0.1) is 0 Å². The Balaban J connectivity index is 2.05. The maximum Gasteiger partial charge on any atom is 0.267 e. The van der Waals surface area contributed by atoms with Crippen LogP contribution in [0, 0.1) is 10.1 Å². The van der Waals surface area contributed by atoms with Crippen LogP contribution < -0.4 is 0 Å². The molecule has 0 aromatic heterocycles. The summed E-state index contributed by atoms with van der Waals surface area (Å²) in [5, 5.41) is 11.1. The van der Waals surface area contributed by atoms with Gasteiger partial charge in [-0.1, -0.05) is 45.0 Å². The van der Waals surface area contributed by atoms with E-state index < -0.39 is 11.8 Å². The van der Waals surface area contributed by atoms with Crippen molar-refractivity contribution in [3.8, 4) is 0 Å². The number of hydrogen-bond acceptors (Lipinski definition) is 4. The number of nitro groups is 1. The largest absolute Gasteiger partial charge is 0.341 e. The van der Waals surface area contributed by atoms with Gasteiger partial charge in [0.05, 0.1) is 0 Å². The van der Waals surface area contributed by atoms with Crippen LogP contribution in [0.25, 0.3) is 0 Å². The predicted molar refractivity (Wildman–Crippen MR) is 75.2 cm³/mol. The van der Waals surface area contributed by atoms with Gasteiger partial charge in [-0.05, 0) is 11.5 Å². The van der Waals surface area contributed by atoms with Gasteiger partial charge in [0.15, 0.2) is 6.29 Å². The van der Waals surface area contributed by atoms with Crippen molar-refractivity contribution in [3.05, 3.63) is 45.5 Å². The lowest BCUT2D eigenvalue weighted by molar-refractivity contribution is -0.592. The molecule has 0 spiro atoms. The van der Waals surface area contributed by atoms with Crippen LogP contribution in [0.5, 0.6) is 0 Å². The van der Waals surface area contributed by atoms with Crippen LogP contribution in [-0.4, -0.2) is 23.7 Å². The van der Waals surface area contributed by atoms with Crippen LogP contribution in [-0.2, 0) is 9.47 Å². The Hall–Kier alpha value is -1.46. The van der Waals surface area contributed by atoms with Gasteiger partial charge in [-0.3, -0.25) is 10.1 Å². The lowest BCUT2D eigenvalue weighted by Crippen LogP contribution is -2.50. The third kappa shape index (κ3) is 2.83. The minimum absolute atomic E-state index is 0.0904. The van der Waals surface area contributed by atoms with E-state index in [1.54, 1.807) is 6.92 Å². The second-order valence-electron chi connectivity index (χ2n) is 5.61. The first-order chi connectivity index (χ1) is 9.48. The van der Waals surface area contributed by atoms with E-state index >= 15 is 0 Å². The molecule has 5 heteroatoms. The summed E-state index contributed by atoms with van der Waals surface area (Å²) in [6.07, 6.45) is -0.102. The standard InChI is InChI=1S/C15H21NO4/c1-4-15(16(17)18)9-19-14(20-10-15)13-7-5-12(6-8-13)11(2)3/h5-8,11,14H,4,9-10H2,1-3H3. The fraction of sp³-hybridized carbons (Fsp3) is 0.600. The van der Waals surface area contributed by atoms with Crippen LogP contribution in [0.15, 0.2) is 24.3 Å². The van der Waals surface area contributed by atoms with Gasteiger partial charge in [-0.2, -0.15) is 0 Å². The van der Waals surface area contributed by atoms with Crippen molar-refractivity contribution in [1.29, 1.82) is 0 Å². The molecular formula is C15H21NO4. The Morgan fingerprint density at radius 1 is 1.30 bits per heavy atom. The summed E-state index contributed by atoms with van der Waals surface area (Å²) in [7, 11) is 0. The first-order valence-electron chi connectivity index (χ1n) is 6.96. The molecule has 1 fully saturated rings. The Bertz CT molecular complexity index is 461. The maximum atomic E-state index is 11.1. The van der Waals surface area contributed by atoms with Gasteiger partial charge < -0.3 is 9.47 Å². The van der Waals surface area contributed by atoms with Gasteiger partial charge in [0.2, 0.25) is 0 Å². The molecule has 0 radical (unpaired) electrons. The summed E-state index contributed by atoms with van der Waals surface area (Å²) in [6, 6.07) is 8.01. The monoisotopic (exact) mass is 279 g/mol. The van der Waals surface area contributed by atoms with Crippen LogP contribution in [0.1, 0.15) is 50.5 Å². The summed E-state index contributed by atoms with van der Waals surface area (Å²) >= 11 is 0. The van der Waals surface area contributed by atoms with Crippen LogP contribution >= 0.6 is 0 Å².